The van der Waals surface area contributed by atoms with E-state index in [9.17, 15) is 9.59 Å². The van der Waals surface area contributed by atoms with E-state index < -0.39 is 0 Å². The molecule has 98 valence electrons. The Hall–Kier alpha value is -2.36. The predicted molar refractivity (Wildman–Crippen MR) is 73.5 cm³/mol. The number of amides is 1. The van der Waals surface area contributed by atoms with E-state index in [1.165, 1.54) is 0 Å². The summed E-state index contributed by atoms with van der Waals surface area (Å²) in [6.07, 6.45) is 0.759. The van der Waals surface area contributed by atoms with Gasteiger partial charge in [-0.25, -0.2) is 0 Å². The molecule has 0 aliphatic carbocycles. The largest absolute Gasteiger partial charge is 0.483 e. The molecule has 0 atom stereocenters. The van der Waals surface area contributed by atoms with Gasteiger partial charge in [0.25, 0.3) is 5.91 Å². The van der Waals surface area contributed by atoms with Gasteiger partial charge in [-0.15, -0.1) is 0 Å². The first-order chi connectivity index (χ1) is 9.26. The molecular weight excluding hydrogens is 242 g/mol. The summed E-state index contributed by atoms with van der Waals surface area (Å²) in [7, 11) is 0. The van der Waals surface area contributed by atoms with Crippen LogP contribution in [-0.2, 0) is 4.79 Å². The van der Waals surface area contributed by atoms with Gasteiger partial charge in [0.1, 0.15) is 5.75 Å². The highest BCUT2D eigenvalue weighted by Gasteiger charge is 2.09. The number of rotatable bonds is 5. The highest BCUT2D eigenvalue weighted by atomic mass is 16.5. The number of aldehydes is 1. The fourth-order valence-corrected chi connectivity index (χ4v) is 1.91. The van der Waals surface area contributed by atoms with Crippen molar-refractivity contribution < 1.29 is 14.3 Å². The maximum absolute atomic E-state index is 11.4. The average molecular weight is 257 g/mol. The Morgan fingerprint density at radius 3 is 2.79 bits per heavy atom. The molecular formula is C15H15NO3. The van der Waals surface area contributed by atoms with Gasteiger partial charge in [0.05, 0.1) is 5.56 Å². The molecule has 0 spiro atoms. The molecule has 0 aromatic heterocycles. The quantitative estimate of drug-likeness (QED) is 0.835. The van der Waals surface area contributed by atoms with Crippen molar-refractivity contribution in [2.24, 2.45) is 0 Å². The zero-order valence-electron chi connectivity index (χ0n) is 10.7. The number of carbonyl (C=O) groups is 2. The van der Waals surface area contributed by atoms with Crippen molar-refractivity contribution >= 4 is 23.0 Å². The SMILES string of the molecule is CCNC(=O)COc1ccc2ccccc2c1C=O. The molecule has 2 rings (SSSR count). The van der Waals surface area contributed by atoms with Crippen LogP contribution in [0, 0.1) is 0 Å². The monoisotopic (exact) mass is 257 g/mol. The molecule has 0 bridgehead atoms. The molecule has 0 fully saturated rings. The minimum Gasteiger partial charge on any atom is -0.483 e. The summed E-state index contributed by atoms with van der Waals surface area (Å²) in [4.78, 5) is 22.6. The minimum atomic E-state index is -0.201. The Morgan fingerprint density at radius 1 is 1.26 bits per heavy atom. The maximum atomic E-state index is 11.4. The lowest BCUT2D eigenvalue weighted by atomic mass is 10.0. The molecule has 4 heteroatoms. The fourth-order valence-electron chi connectivity index (χ4n) is 1.91. The van der Waals surface area contributed by atoms with Gasteiger partial charge in [-0.3, -0.25) is 9.59 Å². The van der Waals surface area contributed by atoms with E-state index >= 15 is 0 Å². The number of nitrogens with one attached hydrogen (secondary N) is 1. The van der Waals surface area contributed by atoms with Gasteiger partial charge in [-0.1, -0.05) is 30.3 Å². The Balaban J connectivity index is 2.28. The molecule has 0 unspecified atom stereocenters. The van der Waals surface area contributed by atoms with E-state index in [1.807, 2.05) is 37.3 Å². The number of hydrogen-bond donors (Lipinski definition) is 1. The van der Waals surface area contributed by atoms with Crippen LogP contribution in [-0.4, -0.2) is 25.3 Å². The molecule has 0 aliphatic rings. The van der Waals surface area contributed by atoms with E-state index in [-0.39, 0.29) is 12.5 Å². The van der Waals surface area contributed by atoms with Crippen molar-refractivity contribution in [1.29, 1.82) is 0 Å². The second-order valence-electron chi connectivity index (χ2n) is 4.06. The van der Waals surface area contributed by atoms with Crippen LogP contribution < -0.4 is 10.1 Å². The van der Waals surface area contributed by atoms with Gasteiger partial charge >= 0.3 is 0 Å². The van der Waals surface area contributed by atoms with Gasteiger partial charge in [-0.2, -0.15) is 0 Å². The van der Waals surface area contributed by atoms with Gasteiger partial charge in [-0.05, 0) is 23.8 Å². The first-order valence-corrected chi connectivity index (χ1v) is 6.12. The van der Waals surface area contributed by atoms with Gasteiger partial charge in [0, 0.05) is 6.54 Å². The lowest BCUT2D eigenvalue weighted by molar-refractivity contribution is -0.122. The molecule has 0 radical (unpaired) electrons. The molecule has 0 aliphatic heterocycles. The molecule has 19 heavy (non-hydrogen) atoms. The zero-order valence-corrected chi connectivity index (χ0v) is 10.7. The molecule has 1 amide bonds. The third-order valence-electron chi connectivity index (χ3n) is 2.78. The van der Waals surface area contributed by atoms with Gasteiger partial charge < -0.3 is 10.1 Å². The van der Waals surface area contributed by atoms with E-state index in [2.05, 4.69) is 5.32 Å². The fraction of sp³-hybridized carbons (Fsp3) is 0.200. The second-order valence-corrected chi connectivity index (χ2v) is 4.06. The smallest absolute Gasteiger partial charge is 0.257 e. The normalized spacial score (nSPS) is 10.2. The van der Waals surface area contributed by atoms with Crippen molar-refractivity contribution in [3.05, 3.63) is 42.0 Å². The summed E-state index contributed by atoms with van der Waals surface area (Å²) in [6, 6.07) is 11.1. The van der Waals surface area contributed by atoms with Crippen LogP contribution in [0.1, 0.15) is 17.3 Å². The Kier molecular flexibility index (Phi) is 4.13. The molecule has 4 nitrogen and oxygen atoms in total. The summed E-state index contributed by atoms with van der Waals surface area (Å²) in [5.74, 6) is 0.229. The van der Waals surface area contributed by atoms with Crippen molar-refractivity contribution in [1.82, 2.24) is 5.32 Å². The predicted octanol–water partition coefficient (Wildman–Crippen LogP) is 2.17. The van der Waals surface area contributed by atoms with Crippen molar-refractivity contribution in [2.45, 2.75) is 6.92 Å². The number of fused-ring (bicyclic) bond motifs is 1. The van der Waals surface area contributed by atoms with Crippen LogP contribution in [0.15, 0.2) is 36.4 Å². The molecule has 1 N–H and O–H groups in total. The Bertz CT molecular complexity index is 607. The summed E-state index contributed by atoms with van der Waals surface area (Å²) >= 11 is 0. The molecule has 2 aromatic rings. The summed E-state index contributed by atoms with van der Waals surface area (Å²) in [6.45, 7) is 2.30. The minimum absolute atomic E-state index is 0.0903. The zero-order chi connectivity index (χ0) is 13.7. The van der Waals surface area contributed by atoms with Crippen LogP contribution in [0.2, 0.25) is 0 Å². The lowest BCUT2D eigenvalue weighted by Crippen LogP contribution is -2.28. The van der Waals surface area contributed by atoms with Crippen molar-refractivity contribution in [2.75, 3.05) is 13.2 Å². The number of likely N-dealkylation sites (N-methyl/N-ethyl adjacent to an activating group) is 1. The van der Waals surface area contributed by atoms with Crippen LogP contribution in [0.3, 0.4) is 0 Å². The highest BCUT2D eigenvalue weighted by Crippen LogP contribution is 2.26. The third-order valence-corrected chi connectivity index (χ3v) is 2.78. The van der Waals surface area contributed by atoms with Crippen LogP contribution >= 0.6 is 0 Å². The number of benzene rings is 2. The van der Waals surface area contributed by atoms with E-state index in [0.29, 0.717) is 17.9 Å². The summed E-state index contributed by atoms with van der Waals surface area (Å²) < 4.78 is 5.41. The topological polar surface area (TPSA) is 55.4 Å². The van der Waals surface area contributed by atoms with E-state index in [0.717, 1.165) is 17.1 Å². The van der Waals surface area contributed by atoms with Gasteiger partial charge in [0.15, 0.2) is 12.9 Å². The van der Waals surface area contributed by atoms with Crippen LogP contribution in [0.25, 0.3) is 10.8 Å². The third kappa shape index (κ3) is 2.91. The summed E-state index contributed by atoms with van der Waals surface area (Å²) in [5.41, 5.74) is 0.474. The second kappa shape index (κ2) is 6.00. The van der Waals surface area contributed by atoms with Crippen molar-refractivity contribution in [3.63, 3.8) is 0 Å². The first-order valence-electron chi connectivity index (χ1n) is 6.12. The van der Waals surface area contributed by atoms with E-state index in [4.69, 9.17) is 4.74 Å². The molecule has 0 saturated carbocycles. The number of ether oxygens (including phenoxy) is 1. The Morgan fingerprint density at radius 2 is 2.05 bits per heavy atom. The standard InChI is InChI=1S/C15H15NO3/c1-2-16-15(18)10-19-14-8-7-11-5-3-4-6-12(11)13(14)9-17/h3-9H,2,10H2,1H3,(H,16,18). The molecule has 0 saturated heterocycles. The molecule has 0 heterocycles. The molecule has 2 aromatic carbocycles. The van der Waals surface area contributed by atoms with Crippen LogP contribution in [0.5, 0.6) is 5.75 Å². The summed E-state index contributed by atoms with van der Waals surface area (Å²) in [5, 5.41) is 4.43. The van der Waals surface area contributed by atoms with E-state index in [1.54, 1.807) is 6.07 Å². The highest BCUT2D eigenvalue weighted by molar-refractivity contribution is 6.00. The number of carbonyl (C=O) groups excluding carboxylic acids is 2. The maximum Gasteiger partial charge on any atom is 0.257 e. The average Bonchev–Trinajstić information content (AvgIpc) is 2.44. The van der Waals surface area contributed by atoms with Crippen LogP contribution in [0.4, 0.5) is 0 Å². The van der Waals surface area contributed by atoms with Gasteiger partial charge in [0.2, 0.25) is 0 Å². The first kappa shape index (κ1) is 13.1. The Labute approximate surface area is 111 Å². The number of hydrogen-bond acceptors (Lipinski definition) is 3. The van der Waals surface area contributed by atoms with Crippen molar-refractivity contribution in [3.8, 4) is 5.75 Å². The lowest BCUT2D eigenvalue weighted by Gasteiger charge is -2.10.